The number of benzene rings is 2. The van der Waals surface area contributed by atoms with Gasteiger partial charge in [-0.1, -0.05) is 0 Å². The number of nitrogens with one attached hydrogen (secondary N) is 2. The monoisotopic (exact) mass is 322 g/mol. The lowest BCUT2D eigenvalue weighted by molar-refractivity contribution is -0.383. The van der Waals surface area contributed by atoms with E-state index >= 15 is 0 Å². The quantitative estimate of drug-likeness (QED) is 0.387. The van der Waals surface area contributed by atoms with Crippen molar-refractivity contribution in [1.82, 2.24) is 15.3 Å². The molecule has 0 spiro atoms. The minimum absolute atomic E-state index is 0.127. The number of nitro benzene ring substituents is 1. The summed E-state index contributed by atoms with van der Waals surface area (Å²) < 4.78 is 0. The van der Waals surface area contributed by atoms with Gasteiger partial charge in [-0.15, -0.1) is 0 Å². The van der Waals surface area contributed by atoms with Gasteiger partial charge in [0, 0.05) is 23.7 Å². The molecule has 8 heteroatoms. The third kappa shape index (κ3) is 2.34. The first-order chi connectivity index (χ1) is 11.6. The summed E-state index contributed by atoms with van der Waals surface area (Å²) in [6.45, 7) is 1.62. The molecule has 120 valence electrons. The van der Waals surface area contributed by atoms with Crippen molar-refractivity contribution >= 4 is 28.2 Å². The van der Waals surface area contributed by atoms with Crippen LogP contribution in [0.25, 0.3) is 22.4 Å². The van der Waals surface area contributed by atoms with Gasteiger partial charge in [-0.25, -0.2) is 4.98 Å². The van der Waals surface area contributed by atoms with Crippen molar-refractivity contribution in [3.63, 3.8) is 0 Å². The average molecular weight is 322 g/mol. The number of fused-ring (bicyclic) bond motifs is 1. The fourth-order valence-electron chi connectivity index (χ4n) is 2.73. The Hall–Kier alpha value is -3.42. The first kappa shape index (κ1) is 14.2. The van der Waals surface area contributed by atoms with Crippen LogP contribution in [0.15, 0.2) is 41.4 Å². The maximum atomic E-state index is 11.0. The zero-order valence-corrected chi connectivity index (χ0v) is 12.6. The number of aromatic nitrogens is 2. The second-order valence-corrected chi connectivity index (χ2v) is 5.51. The van der Waals surface area contributed by atoms with Crippen molar-refractivity contribution < 1.29 is 4.92 Å². The van der Waals surface area contributed by atoms with Crippen LogP contribution in [0.3, 0.4) is 0 Å². The van der Waals surface area contributed by atoms with Crippen LogP contribution in [0.4, 0.5) is 11.4 Å². The van der Waals surface area contributed by atoms with Crippen molar-refractivity contribution in [2.24, 2.45) is 4.99 Å². The van der Waals surface area contributed by atoms with Crippen LogP contribution in [0.5, 0.6) is 0 Å². The van der Waals surface area contributed by atoms with Crippen LogP contribution in [-0.4, -0.2) is 33.8 Å². The molecule has 0 saturated heterocycles. The molecule has 0 unspecified atom stereocenters. The number of hydrogen-bond donors (Lipinski definition) is 3. The summed E-state index contributed by atoms with van der Waals surface area (Å²) in [6, 6.07) is 10.5. The zero-order valence-electron chi connectivity index (χ0n) is 12.6. The third-order valence-electron chi connectivity index (χ3n) is 3.93. The molecule has 2 heterocycles. The summed E-state index contributed by atoms with van der Waals surface area (Å²) in [7, 11) is 0. The molecule has 1 aliphatic rings. The molecule has 0 fully saturated rings. The number of nitrogens with two attached hydrogens (primary N) is 1. The van der Waals surface area contributed by atoms with Gasteiger partial charge in [0.25, 0.3) is 5.69 Å². The Morgan fingerprint density at radius 2 is 2.00 bits per heavy atom. The number of aromatic amines is 1. The molecule has 1 aliphatic heterocycles. The third-order valence-corrected chi connectivity index (χ3v) is 3.93. The number of imidazole rings is 1. The van der Waals surface area contributed by atoms with Gasteiger partial charge in [-0.05, 0) is 30.3 Å². The molecule has 0 aliphatic carbocycles. The van der Waals surface area contributed by atoms with Gasteiger partial charge in [-0.3, -0.25) is 15.1 Å². The number of rotatable bonds is 3. The second kappa shape index (κ2) is 5.34. The van der Waals surface area contributed by atoms with Crippen LogP contribution in [-0.2, 0) is 0 Å². The first-order valence-electron chi connectivity index (χ1n) is 7.44. The fourth-order valence-corrected chi connectivity index (χ4v) is 2.73. The van der Waals surface area contributed by atoms with E-state index in [0.29, 0.717) is 11.4 Å². The Balaban J connectivity index is 1.78. The highest BCUT2D eigenvalue weighted by atomic mass is 16.6. The van der Waals surface area contributed by atoms with E-state index in [9.17, 15) is 10.1 Å². The highest BCUT2D eigenvalue weighted by Gasteiger charge is 2.15. The van der Waals surface area contributed by atoms with Crippen molar-refractivity contribution in [3.8, 4) is 11.4 Å². The van der Waals surface area contributed by atoms with Gasteiger partial charge < -0.3 is 16.0 Å². The smallest absolute Gasteiger partial charge is 0.292 e. The fraction of sp³-hybridized carbons (Fsp3) is 0.125. The number of nitrogen functional groups attached to an aromatic ring is 1. The van der Waals surface area contributed by atoms with E-state index in [0.717, 1.165) is 35.5 Å². The average Bonchev–Trinajstić information content (AvgIpc) is 3.23. The molecule has 2 aromatic carbocycles. The second-order valence-electron chi connectivity index (χ2n) is 5.51. The van der Waals surface area contributed by atoms with E-state index < -0.39 is 4.92 Å². The highest BCUT2D eigenvalue weighted by molar-refractivity contribution is 6.02. The van der Waals surface area contributed by atoms with Gasteiger partial charge in [0.2, 0.25) is 0 Å². The zero-order chi connectivity index (χ0) is 16.7. The maximum Gasteiger partial charge on any atom is 0.292 e. The minimum atomic E-state index is -0.497. The molecule has 0 radical (unpaired) electrons. The number of hydrogen-bond acceptors (Lipinski definition) is 6. The number of amidine groups is 1. The summed E-state index contributed by atoms with van der Waals surface area (Å²) in [4.78, 5) is 22.7. The number of nitrogens with zero attached hydrogens (tertiary/aromatic N) is 3. The molecular formula is C16H14N6O2. The molecular weight excluding hydrogens is 308 g/mol. The van der Waals surface area contributed by atoms with E-state index in [4.69, 9.17) is 5.73 Å². The van der Waals surface area contributed by atoms with Gasteiger partial charge in [0.1, 0.15) is 17.3 Å². The molecule has 4 rings (SSSR count). The Morgan fingerprint density at radius 1 is 1.17 bits per heavy atom. The van der Waals surface area contributed by atoms with Crippen LogP contribution >= 0.6 is 0 Å². The Kier molecular flexibility index (Phi) is 3.16. The van der Waals surface area contributed by atoms with Gasteiger partial charge >= 0.3 is 0 Å². The van der Waals surface area contributed by atoms with Crippen molar-refractivity contribution in [2.75, 3.05) is 18.8 Å². The lowest BCUT2D eigenvalue weighted by atomic mass is 10.1. The van der Waals surface area contributed by atoms with E-state index in [1.54, 1.807) is 6.07 Å². The molecule has 0 saturated carbocycles. The summed E-state index contributed by atoms with van der Waals surface area (Å²) in [5, 5.41) is 14.3. The van der Waals surface area contributed by atoms with Crippen LogP contribution in [0.1, 0.15) is 5.56 Å². The van der Waals surface area contributed by atoms with Gasteiger partial charge in [0.15, 0.2) is 0 Å². The highest BCUT2D eigenvalue weighted by Crippen LogP contribution is 2.28. The van der Waals surface area contributed by atoms with Crippen molar-refractivity contribution in [1.29, 1.82) is 0 Å². The van der Waals surface area contributed by atoms with E-state index in [-0.39, 0.29) is 11.4 Å². The van der Waals surface area contributed by atoms with E-state index in [1.807, 2.05) is 18.2 Å². The lowest BCUT2D eigenvalue weighted by Crippen LogP contribution is -2.19. The van der Waals surface area contributed by atoms with Gasteiger partial charge in [0.05, 0.1) is 22.5 Å². The summed E-state index contributed by atoms with van der Waals surface area (Å²) in [6.07, 6.45) is 0. The van der Waals surface area contributed by atoms with Crippen LogP contribution in [0, 0.1) is 10.1 Å². The number of H-pyrrole nitrogens is 1. The topological polar surface area (TPSA) is 122 Å². The predicted molar refractivity (Wildman–Crippen MR) is 92.0 cm³/mol. The lowest BCUT2D eigenvalue weighted by Gasteiger charge is -2.01. The molecule has 24 heavy (non-hydrogen) atoms. The normalized spacial score (nSPS) is 13.8. The number of nitro groups is 1. The van der Waals surface area contributed by atoms with Crippen molar-refractivity contribution in [3.05, 3.63) is 52.1 Å². The SMILES string of the molecule is Nc1ccc(-c2nc3ccc(C4=NCCN4)cc3[nH]2)cc1[N+](=O)[O-]. The Morgan fingerprint density at radius 3 is 2.75 bits per heavy atom. The molecule has 8 nitrogen and oxygen atoms in total. The largest absolute Gasteiger partial charge is 0.393 e. The minimum Gasteiger partial charge on any atom is -0.393 e. The predicted octanol–water partition coefficient (Wildman–Crippen LogP) is 2.07. The summed E-state index contributed by atoms with van der Waals surface area (Å²) >= 11 is 0. The molecule has 1 aromatic heterocycles. The number of anilines is 1. The summed E-state index contributed by atoms with van der Waals surface area (Å²) in [5.41, 5.74) is 8.88. The first-order valence-corrected chi connectivity index (χ1v) is 7.44. The maximum absolute atomic E-state index is 11.0. The van der Waals surface area contributed by atoms with E-state index in [2.05, 4.69) is 20.3 Å². The van der Waals surface area contributed by atoms with E-state index in [1.165, 1.54) is 12.1 Å². The summed E-state index contributed by atoms with van der Waals surface area (Å²) in [5.74, 6) is 1.43. The Labute approximate surface area is 136 Å². The van der Waals surface area contributed by atoms with Crippen LogP contribution < -0.4 is 11.1 Å². The van der Waals surface area contributed by atoms with Crippen LogP contribution in [0.2, 0.25) is 0 Å². The molecule has 4 N–H and O–H groups in total. The standard InChI is InChI=1S/C16H14N6O2/c17-11-3-1-10(8-14(11)22(23)24)16-20-12-4-2-9(7-13(12)21-16)15-18-5-6-19-15/h1-4,7-8H,5-6,17H2,(H,18,19)(H,20,21). The van der Waals surface area contributed by atoms with Gasteiger partial charge in [-0.2, -0.15) is 0 Å². The molecule has 0 amide bonds. The molecule has 0 atom stereocenters. The Bertz CT molecular complexity index is 991. The molecule has 3 aromatic rings. The molecule has 0 bridgehead atoms. The van der Waals surface area contributed by atoms with Crippen molar-refractivity contribution in [2.45, 2.75) is 0 Å². The number of aliphatic imine (C=N–C) groups is 1.